The number of aromatic nitrogens is 1. The number of nitrogens with one attached hydrogen (secondary N) is 1. The third kappa shape index (κ3) is 5.10. The topological polar surface area (TPSA) is 24.9 Å². The quantitative estimate of drug-likeness (QED) is 0.193. The normalized spacial score (nSPS) is 15.2. The lowest BCUT2D eigenvalue weighted by Crippen LogP contribution is -2.36. The van der Waals surface area contributed by atoms with E-state index in [1.165, 1.54) is 64.1 Å². The van der Waals surface area contributed by atoms with Crippen molar-refractivity contribution >= 4 is 34.9 Å². The molecule has 7 aromatic carbocycles. The molecule has 0 bridgehead atoms. The molecule has 0 aliphatic carbocycles. The first-order valence-corrected chi connectivity index (χ1v) is 19.2. The van der Waals surface area contributed by atoms with Crippen LogP contribution in [0.1, 0.15) is 22.3 Å². The zero-order chi connectivity index (χ0) is 34.5. The fraction of sp³-hybridized carbons (Fsp3) is 0.0208. The third-order valence-electron chi connectivity index (χ3n) is 10.2. The van der Waals surface area contributed by atoms with Gasteiger partial charge in [-0.15, -0.1) is 0 Å². The Labute approximate surface area is 312 Å². The molecular formula is C48H32N2S2. The van der Waals surface area contributed by atoms with Crippen molar-refractivity contribution in [1.82, 2.24) is 4.98 Å². The first kappa shape index (κ1) is 31.0. The van der Waals surface area contributed by atoms with Crippen LogP contribution in [0.25, 0.3) is 33.5 Å². The van der Waals surface area contributed by atoms with Crippen molar-refractivity contribution in [2.24, 2.45) is 0 Å². The van der Waals surface area contributed by atoms with Gasteiger partial charge in [0.15, 0.2) is 0 Å². The maximum Gasteiger partial charge on any atom is 0.0745 e. The van der Waals surface area contributed by atoms with E-state index in [4.69, 9.17) is 4.98 Å². The maximum atomic E-state index is 4.69. The van der Waals surface area contributed by atoms with Gasteiger partial charge in [0.2, 0.25) is 0 Å². The smallest absolute Gasteiger partial charge is 0.0745 e. The Morgan fingerprint density at radius 1 is 0.404 bits per heavy atom. The van der Waals surface area contributed by atoms with E-state index < -0.39 is 5.41 Å². The van der Waals surface area contributed by atoms with Crippen LogP contribution in [0.15, 0.2) is 208 Å². The Morgan fingerprint density at radius 3 is 1.62 bits per heavy atom. The van der Waals surface area contributed by atoms with Gasteiger partial charge >= 0.3 is 0 Å². The summed E-state index contributed by atoms with van der Waals surface area (Å²) in [5.41, 5.74) is 13.9. The summed E-state index contributed by atoms with van der Waals surface area (Å²) in [4.78, 5) is 9.83. The predicted octanol–water partition coefficient (Wildman–Crippen LogP) is 13.1. The summed E-state index contributed by atoms with van der Waals surface area (Å²) in [7, 11) is 0. The number of benzene rings is 7. The Kier molecular flexibility index (Phi) is 7.59. The molecule has 0 amide bonds. The molecule has 10 rings (SSSR count). The highest BCUT2D eigenvalue weighted by Crippen LogP contribution is 2.62. The summed E-state index contributed by atoms with van der Waals surface area (Å²) >= 11 is 3.75. The Hall–Kier alpha value is -5.81. The minimum atomic E-state index is -0.464. The summed E-state index contributed by atoms with van der Waals surface area (Å²) in [6.45, 7) is 0. The number of rotatable bonds is 5. The predicted molar refractivity (Wildman–Crippen MR) is 217 cm³/mol. The number of para-hydroxylation sites is 1. The van der Waals surface area contributed by atoms with Crippen molar-refractivity contribution in [2.45, 2.75) is 25.0 Å². The molecular weight excluding hydrogens is 669 g/mol. The summed E-state index contributed by atoms with van der Waals surface area (Å²) in [5.74, 6) is 0. The highest BCUT2D eigenvalue weighted by atomic mass is 32.2. The summed E-state index contributed by atoms with van der Waals surface area (Å²) in [5, 5.41) is 3.67. The van der Waals surface area contributed by atoms with Crippen LogP contribution in [0.3, 0.4) is 0 Å². The molecule has 1 unspecified atom stereocenters. The Morgan fingerprint density at radius 2 is 0.942 bits per heavy atom. The van der Waals surface area contributed by atoms with Gasteiger partial charge in [0.25, 0.3) is 0 Å². The van der Waals surface area contributed by atoms with E-state index in [9.17, 15) is 0 Å². The summed E-state index contributed by atoms with van der Waals surface area (Å²) in [6, 6.07) is 66.1. The second-order valence-corrected chi connectivity index (χ2v) is 15.4. The molecule has 1 atom stereocenters. The van der Waals surface area contributed by atoms with E-state index >= 15 is 0 Å². The molecule has 0 fully saturated rings. The highest BCUT2D eigenvalue weighted by Gasteiger charge is 2.48. The maximum absolute atomic E-state index is 4.69. The average Bonchev–Trinajstić information content (AvgIpc) is 3.21. The third-order valence-corrected chi connectivity index (χ3v) is 12.5. The molecule has 1 spiro atoms. The molecule has 0 saturated carbocycles. The first-order valence-electron chi connectivity index (χ1n) is 17.5. The van der Waals surface area contributed by atoms with Gasteiger partial charge in [-0.25, -0.2) is 0 Å². The minimum Gasteiger partial charge on any atom is -0.355 e. The Bertz CT molecular complexity index is 2590. The van der Waals surface area contributed by atoms with Gasteiger partial charge in [0.1, 0.15) is 0 Å². The SMILES string of the molecule is c1ccc(Nc2ccc(-c3ccc4c(c3)Sc3ccccc3C43c4ccccc4Sc4cc(-c5ccccn5)ccc43)cc2-c2ccccc2)cc1. The van der Waals surface area contributed by atoms with Crippen molar-refractivity contribution in [1.29, 1.82) is 0 Å². The van der Waals surface area contributed by atoms with Crippen molar-refractivity contribution in [3.8, 4) is 33.5 Å². The lowest BCUT2D eigenvalue weighted by molar-refractivity contribution is 0.667. The van der Waals surface area contributed by atoms with Crippen LogP contribution in [0, 0.1) is 0 Å². The van der Waals surface area contributed by atoms with E-state index in [-0.39, 0.29) is 0 Å². The summed E-state index contributed by atoms with van der Waals surface area (Å²) < 4.78 is 0. The molecule has 3 heterocycles. The monoisotopic (exact) mass is 700 g/mol. The second kappa shape index (κ2) is 12.8. The number of pyridine rings is 1. The molecule has 0 saturated heterocycles. The number of hydrogen-bond donors (Lipinski definition) is 1. The van der Waals surface area contributed by atoms with Crippen LogP contribution in [0.2, 0.25) is 0 Å². The minimum absolute atomic E-state index is 0.464. The average molecular weight is 701 g/mol. The lowest BCUT2D eigenvalue weighted by Gasteiger charge is -2.45. The molecule has 1 aromatic heterocycles. The lowest BCUT2D eigenvalue weighted by atomic mass is 9.64. The molecule has 52 heavy (non-hydrogen) atoms. The molecule has 4 heteroatoms. The van der Waals surface area contributed by atoms with Crippen LogP contribution in [0.4, 0.5) is 11.4 Å². The van der Waals surface area contributed by atoms with E-state index in [0.717, 1.165) is 22.6 Å². The summed E-state index contributed by atoms with van der Waals surface area (Å²) in [6.07, 6.45) is 1.87. The number of hydrogen-bond acceptors (Lipinski definition) is 4. The standard InChI is InChI=1S/C48H32N2S2/c1-3-13-32(14-4-1)37-29-33(24-27-43(37)50-36-15-5-2-6-16-36)34-22-25-40-46(30-34)51-44-20-9-7-17-38(44)48(40)39-18-8-10-21-45(39)52-47-31-35(23-26-41(47)48)42-19-11-12-28-49-42/h1-31,50H. The molecule has 0 radical (unpaired) electrons. The number of anilines is 2. The number of nitrogens with zero attached hydrogens (tertiary/aromatic N) is 1. The van der Waals surface area contributed by atoms with Crippen molar-refractivity contribution in [3.05, 3.63) is 210 Å². The van der Waals surface area contributed by atoms with Crippen molar-refractivity contribution in [3.63, 3.8) is 0 Å². The van der Waals surface area contributed by atoms with E-state index in [1.807, 2.05) is 41.9 Å². The Balaban J connectivity index is 1.16. The molecule has 2 aliphatic rings. The molecule has 2 aliphatic heterocycles. The van der Waals surface area contributed by atoms with Gasteiger partial charge in [0.05, 0.1) is 11.1 Å². The van der Waals surface area contributed by atoms with Crippen molar-refractivity contribution < 1.29 is 0 Å². The first-order chi connectivity index (χ1) is 25.8. The van der Waals surface area contributed by atoms with E-state index in [1.54, 1.807) is 0 Å². The molecule has 1 N–H and O–H groups in total. The van der Waals surface area contributed by atoms with Gasteiger partial charge in [-0.2, -0.15) is 0 Å². The van der Waals surface area contributed by atoms with Crippen LogP contribution in [0.5, 0.6) is 0 Å². The van der Waals surface area contributed by atoms with Crippen LogP contribution >= 0.6 is 23.5 Å². The fourth-order valence-electron chi connectivity index (χ4n) is 7.91. The fourth-order valence-corrected chi connectivity index (χ4v) is 10.4. The van der Waals surface area contributed by atoms with Crippen LogP contribution in [-0.4, -0.2) is 4.98 Å². The molecule has 2 nitrogen and oxygen atoms in total. The highest BCUT2D eigenvalue weighted by molar-refractivity contribution is 8.00. The zero-order valence-electron chi connectivity index (χ0n) is 28.2. The zero-order valence-corrected chi connectivity index (χ0v) is 29.8. The largest absolute Gasteiger partial charge is 0.355 e. The molecule has 246 valence electrons. The molecule has 8 aromatic rings. The van der Waals surface area contributed by atoms with Crippen LogP contribution in [-0.2, 0) is 5.41 Å². The van der Waals surface area contributed by atoms with Gasteiger partial charge in [-0.1, -0.05) is 145 Å². The van der Waals surface area contributed by atoms with Gasteiger partial charge < -0.3 is 5.32 Å². The van der Waals surface area contributed by atoms with Gasteiger partial charge in [-0.3, -0.25) is 4.98 Å². The van der Waals surface area contributed by atoms with Gasteiger partial charge in [0, 0.05) is 48.3 Å². The van der Waals surface area contributed by atoms with Gasteiger partial charge in [-0.05, 0) is 99.6 Å². The van der Waals surface area contributed by atoms with E-state index in [0.29, 0.717) is 0 Å². The van der Waals surface area contributed by atoms with Crippen molar-refractivity contribution in [2.75, 3.05) is 5.32 Å². The second-order valence-electron chi connectivity index (χ2n) is 13.2. The number of fused-ring (bicyclic) bond motifs is 8. The van der Waals surface area contributed by atoms with E-state index in [2.05, 4.69) is 175 Å². The van der Waals surface area contributed by atoms with Crippen LogP contribution < -0.4 is 5.32 Å².